The third-order valence-electron chi connectivity index (χ3n) is 3.49. The molecule has 0 amide bonds. The summed E-state index contributed by atoms with van der Waals surface area (Å²) in [4.78, 5) is 4.72. The lowest BCUT2D eigenvalue weighted by Gasteiger charge is -2.10. The highest BCUT2D eigenvalue weighted by molar-refractivity contribution is 5.81. The summed E-state index contributed by atoms with van der Waals surface area (Å²) in [5.74, 6) is 0. The van der Waals surface area contributed by atoms with Gasteiger partial charge < -0.3 is 0 Å². The van der Waals surface area contributed by atoms with Crippen LogP contribution >= 0.6 is 0 Å². The van der Waals surface area contributed by atoms with Crippen molar-refractivity contribution in [1.82, 2.24) is 0 Å². The standard InChI is InChI=1S/C18H33N/c1-7-10-11-18(14-15(4)8-2)13-12-17(6)19-16(5)9-3/h11,14,17H,7-10,12-13H2,1-6H3/b15-14+,18-11-,19-16?. The molecule has 0 saturated heterocycles. The highest BCUT2D eigenvalue weighted by Crippen LogP contribution is 2.16. The maximum absolute atomic E-state index is 4.72. The number of nitrogens with zero attached hydrogens (tertiary/aromatic N) is 1. The van der Waals surface area contributed by atoms with Crippen molar-refractivity contribution in [3.05, 3.63) is 23.3 Å². The van der Waals surface area contributed by atoms with Gasteiger partial charge >= 0.3 is 0 Å². The summed E-state index contributed by atoms with van der Waals surface area (Å²) in [6, 6.07) is 0.445. The first-order valence-corrected chi connectivity index (χ1v) is 7.92. The van der Waals surface area contributed by atoms with Crippen LogP contribution in [0.4, 0.5) is 0 Å². The molecule has 1 nitrogen and oxygen atoms in total. The summed E-state index contributed by atoms with van der Waals surface area (Å²) in [5, 5.41) is 0. The molecule has 0 fully saturated rings. The SMILES string of the molecule is CCC/C=C(\C=C(/C)CC)CCC(C)N=C(C)CC. The molecular formula is C18H33N. The Morgan fingerprint density at radius 3 is 2.32 bits per heavy atom. The monoisotopic (exact) mass is 263 g/mol. The van der Waals surface area contributed by atoms with Crippen molar-refractivity contribution < 1.29 is 0 Å². The molecule has 19 heavy (non-hydrogen) atoms. The molecule has 0 radical (unpaired) electrons. The first-order valence-electron chi connectivity index (χ1n) is 7.92. The van der Waals surface area contributed by atoms with E-state index in [0.717, 1.165) is 25.7 Å². The Hall–Kier alpha value is -0.850. The van der Waals surface area contributed by atoms with Gasteiger partial charge in [0.2, 0.25) is 0 Å². The van der Waals surface area contributed by atoms with Crippen molar-refractivity contribution in [2.75, 3.05) is 0 Å². The molecule has 0 saturated carbocycles. The number of unbranched alkanes of at least 4 members (excludes halogenated alkanes) is 1. The van der Waals surface area contributed by atoms with E-state index in [9.17, 15) is 0 Å². The second-order valence-corrected chi connectivity index (χ2v) is 5.52. The molecule has 0 heterocycles. The Morgan fingerprint density at radius 2 is 1.79 bits per heavy atom. The zero-order chi connectivity index (χ0) is 14.7. The van der Waals surface area contributed by atoms with Crippen LogP contribution in [-0.4, -0.2) is 11.8 Å². The fourth-order valence-electron chi connectivity index (χ4n) is 1.89. The maximum Gasteiger partial charge on any atom is 0.0473 e. The maximum atomic E-state index is 4.72. The number of hydrogen-bond acceptors (Lipinski definition) is 1. The van der Waals surface area contributed by atoms with Crippen LogP contribution in [0.3, 0.4) is 0 Å². The molecule has 0 aromatic heterocycles. The third kappa shape index (κ3) is 9.69. The van der Waals surface area contributed by atoms with Gasteiger partial charge in [0, 0.05) is 11.8 Å². The van der Waals surface area contributed by atoms with Crippen molar-refractivity contribution in [1.29, 1.82) is 0 Å². The van der Waals surface area contributed by atoms with Crippen LogP contribution in [0.2, 0.25) is 0 Å². The van der Waals surface area contributed by atoms with Gasteiger partial charge in [-0.15, -0.1) is 0 Å². The van der Waals surface area contributed by atoms with Gasteiger partial charge in [-0.1, -0.05) is 50.5 Å². The molecule has 0 aliphatic rings. The molecule has 0 aromatic rings. The fourth-order valence-corrected chi connectivity index (χ4v) is 1.89. The summed E-state index contributed by atoms with van der Waals surface area (Å²) in [6.45, 7) is 13.2. The van der Waals surface area contributed by atoms with E-state index in [2.05, 4.69) is 53.7 Å². The van der Waals surface area contributed by atoms with Gasteiger partial charge in [0.25, 0.3) is 0 Å². The third-order valence-corrected chi connectivity index (χ3v) is 3.49. The zero-order valence-electron chi connectivity index (χ0n) is 13.9. The molecule has 0 aromatic carbocycles. The van der Waals surface area contributed by atoms with Gasteiger partial charge in [0.15, 0.2) is 0 Å². The molecule has 0 rings (SSSR count). The number of rotatable bonds is 9. The summed E-state index contributed by atoms with van der Waals surface area (Å²) < 4.78 is 0. The van der Waals surface area contributed by atoms with Crippen LogP contribution in [-0.2, 0) is 0 Å². The molecule has 1 heteroatoms. The lowest BCUT2D eigenvalue weighted by atomic mass is 10.0. The van der Waals surface area contributed by atoms with E-state index < -0.39 is 0 Å². The molecular weight excluding hydrogens is 230 g/mol. The Bertz CT molecular complexity index is 321. The van der Waals surface area contributed by atoms with Crippen molar-refractivity contribution in [3.8, 4) is 0 Å². The summed E-state index contributed by atoms with van der Waals surface area (Å²) in [6.07, 6.45) is 11.7. The van der Waals surface area contributed by atoms with Gasteiger partial charge in [0.05, 0.1) is 0 Å². The van der Waals surface area contributed by atoms with Crippen LogP contribution in [0, 0.1) is 0 Å². The Morgan fingerprint density at radius 1 is 1.11 bits per heavy atom. The molecule has 1 unspecified atom stereocenters. The van der Waals surface area contributed by atoms with Crippen LogP contribution < -0.4 is 0 Å². The Balaban J connectivity index is 4.50. The lowest BCUT2D eigenvalue weighted by molar-refractivity contribution is 0.666. The average Bonchev–Trinajstić information content (AvgIpc) is 2.41. The van der Waals surface area contributed by atoms with E-state index in [-0.39, 0.29) is 0 Å². The molecule has 0 spiro atoms. The van der Waals surface area contributed by atoms with E-state index in [1.165, 1.54) is 29.7 Å². The number of aliphatic imine (C=N–C) groups is 1. The average molecular weight is 263 g/mol. The van der Waals surface area contributed by atoms with Gasteiger partial charge in [0.1, 0.15) is 0 Å². The van der Waals surface area contributed by atoms with E-state index >= 15 is 0 Å². The van der Waals surface area contributed by atoms with E-state index in [1.54, 1.807) is 0 Å². The minimum absolute atomic E-state index is 0.445. The van der Waals surface area contributed by atoms with Gasteiger partial charge in [-0.05, 0) is 52.9 Å². The molecule has 1 atom stereocenters. The van der Waals surface area contributed by atoms with Crippen molar-refractivity contribution >= 4 is 5.71 Å². The quantitative estimate of drug-likeness (QED) is 0.351. The van der Waals surface area contributed by atoms with Crippen LogP contribution in [0.15, 0.2) is 28.3 Å². The predicted octanol–water partition coefficient (Wildman–Crippen LogP) is 6.11. The van der Waals surface area contributed by atoms with E-state index in [1.807, 2.05) is 0 Å². The molecule has 110 valence electrons. The minimum Gasteiger partial charge on any atom is -0.291 e. The van der Waals surface area contributed by atoms with Gasteiger partial charge in [-0.2, -0.15) is 0 Å². The number of allylic oxidation sites excluding steroid dienone is 4. The second-order valence-electron chi connectivity index (χ2n) is 5.52. The van der Waals surface area contributed by atoms with Gasteiger partial charge in [-0.25, -0.2) is 0 Å². The molecule has 0 N–H and O–H groups in total. The van der Waals surface area contributed by atoms with E-state index in [0.29, 0.717) is 6.04 Å². The van der Waals surface area contributed by atoms with Gasteiger partial charge in [-0.3, -0.25) is 4.99 Å². The van der Waals surface area contributed by atoms with Crippen LogP contribution in [0.5, 0.6) is 0 Å². The van der Waals surface area contributed by atoms with Crippen molar-refractivity contribution in [2.45, 2.75) is 86.1 Å². The first-order chi connectivity index (χ1) is 9.03. The normalized spacial score (nSPS) is 15.8. The highest BCUT2D eigenvalue weighted by atomic mass is 14.8. The second kappa shape index (κ2) is 11.0. The topological polar surface area (TPSA) is 12.4 Å². The van der Waals surface area contributed by atoms with Crippen LogP contribution in [0.1, 0.15) is 80.1 Å². The van der Waals surface area contributed by atoms with Crippen molar-refractivity contribution in [2.24, 2.45) is 4.99 Å². The highest BCUT2D eigenvalue weighted by Gasteiger charge is 2.02. The predicted molar refractivity (Wildman–Crippen MR) is 89.1 cm³/mol. The fraction of sp³-hybridized carbons (Fsp3) is 0.722. The largest absolute Gasteiger partial charge is 0.291 e. The van der Waals surface area contributed by atoms with Crippen LogP contribution in [0.25, 0.3) is 0 Å². The summed E-state index contributed by atoms with van der Waals surface area (Å²) in [7, 11) is 0. The number of hydrogen-bond donors (Lipinski definition) is 0. The summed E-state index contributed by atoms with van der Waals surface area (Å²) >= 11 is 0. The van der Waals surface area contributed by atoms with E-state index in [4.69, 9.17) is 4.99 Å². The smallest absolute Gasteiger partial charge is 0.0473 e. The molecule has 0 aliphatic heterocycles. The summed E-state index contributed by atoms with van der Waals surface area (Å²) in [5.41, 5.74) is 4.24. The molecule has 0 bridgehead atoms. The Labute approximate surface area is 120 Å². The lowest BCUT2D eigenvalue weighted by Crippen LogP contribution is -2.02. The van der Waals surface area contributed by atoms with Crippen molar-refractivity contribution in [3.63, 3.8) is 0 Å². The minimum atomic E-state index is 0.445. The molecule has 0 aliphatic carbocycles. The zero-order valence-corrected chi connectivity index (χ0v) is 13.9. The first kappa shape index (κ1) is 18.1. The Kier molecular flexibility index (Phi) is 10.5.